The van der Waals surface area contributed by atoms with E-state index >= 15 is 0 Å². The quantitative estimate of drug-likeness (QED) is 0.594. The van der Waals surface area contributed by atoms with E-state index in [0.717, 1.165) is 6.42 Å². The Hall–Kier alpha value is -1.19. The topological polar surface area (TPSA) is 47.6 Å². The molecular formula is C13H25NO3. The highest BCUT2D eigenvalue weighted by Crippen LogP contribution is 2.10. The lowest BCUT2D eigenvalue weighted by atomic mass is 10.1. The van der Waals surface area contributed by atoms with Gasteiger partial charge in [-0.1, -0.05) is 19.9 Å². The molecule has 0 radical (unpaired) electrons. The summed E-state index contributed by atoms with van der Waals surface area (Å²) in [4.78, 5) is 11.6. The Balaban J connectivity index is 4.26. The number of carbonyl (C=O) groups is 1. The van der Waals surface area contributed by atoms with E-state index in [4.69, 9.17) is 9.47 Å². The molecule has 1 amide bonds. The van der Waals surface area contributed by atoms with Crippen molar-refractivity contribution in [2.24, 2.45) is 5.92 Å². The predicted molar refractivity (Wildman–Crippen MR) is 68.5 cm³/mol. The van der Waals surface area contributed by atoms with Crippen LogP contribution in [-0.2, 0) is 9.47 Å². The second-order valence-corrected chi connectivity index (χ2v) is 5.37. The summed E-state index contributed by atoms with van der Waals surface area (Å²) in [6.07, 6.45) is 3.30. The molecule has 0 saturated heterocycles. The molecule has 0 aromatic carbocycles. The van der Waals surface area contributed by atoms with Crippen LogP contribution in [0.2, 0.25) is 0 Å². The minimum atomic E-state index is -0.493. The van der Waals surface area contributed by atoms with Crippen LogP contribution in [0.1, 0.15) is 48.0 Å². The molecule has 0 aromatic rings. The van der Waals surface area contributed by atoms with Crippen LogP contribution in [0.5, 0.6) is 0 Å². The van der Waals surface area contributed by atoms with Gasteiger partial charge >= 0.3 is 6.09 Å². The summed E-state index contributed by atoms with van der Waals surface area (Å²) in [6, 6.07) is 0. The van der Waals surface area contributed by atoms with Crippen LogP contribution in [0, 0.1) is 5.92 Å². The normalized spacial score (nSPS) is 13.8. The highest BCUT2D eigenvalue weighted by molar-refractivity contribution is 5.67. The SMILES string of the molecule is C/C=C\OC(CC(C)C)NC(=O)OC(C)(C)C. The first-order chi connectivity index (χ1) is 7.74. The van der Waals surface area contributed by atoms with E-state index < -0.39 is 11.7 Å². The van der Waals surface area contributed by atoms with Crippen molar-refractivity contribution in [3.8, 4) is 0 Å². The summed E-state index contributed by atoms with van der Waals surface area (Å²) < 4.78 is 10.6. The molecule has 4 nitrogen and oxygen atoms in total. The number of nitrogens with one attached hydrogen (secondary N) is 1. The number of amides is 1. The Kier molecular flexibility index (Phi) is 6.69. The molecule has 0 aromatic heterocycles. The van der Waals surface area contributed by atoms with Gasteiger partial charge < -0.3 is 9.47 Å². The van der Waals surface area contributed by atoms with E-state index in [1.54, 1.807) is 12.3 Å². The van der Waals surface area contributed by atoms with E-state index in [2.05, 4.69) is 19.2 Å². The monoisotopic (exact) mass is 243 g/mol. The van der Waals surface area contributed by atoms with Crippen LogP contribution in [-0.4, -0.2) is 17.9 Å². The maximum Gasteiger partial charge on any atom is 0.410 e. The van der Waals surface area contributed by atoms with E-state index in [0.29, 0.717) is 5.92 Å². The number of carbonyl (C=O) groups excluding carboxylic acids is 1. The summed E-state index contributed by atoms with van der Waals surface area (Å²) in [5, 5.41) is 2.71. The van der Waals surface area contributed by atoms with Gasteiger partial charge in [-0.05, 0) is 33.6 Å². The van der Waals surface area contributed by atoms with Gasteiger partial charge in [0.25, 0.3) is 0 Å². The molecule has 0 spiro atoms. The van der Waals surface area contributed by atoms with E-state index in [1.807, 2.05) is 27.7 Å². The highest BCUT2D eigenvalue weighted by atomic mass is 16.6. The summed E-state index contributed by atoms with van der Waals surface area (Å²) in [5.74, 6) is 0.431. The van der Waals surface area contributed by atoms with Crippen LogP contribution >= 0.6 is 0 Å². The van der Waals surface area contributed by atoms with Gasteiger partial charge in [-0.3, -0.25) is 5.32 Å². The standard InChI is InChI=1S/C13H25NO3/c1-7-8-16-11(9-10(2)3)14-12(15)17-13(4,5)6/h7-8,10-11H,9H2,1-6H3,(H,14,15)/b8-7-. The number of alkyl carbamates (subject to hydrolysis) is 1. The second-order valence-electron chi connectivity index (χ2n) is 5.37. The minimum absolute atomic E-state index is 0.346. The van der Waals surface area contributed by atoms with Crippen molar-refractivity contribution in [1.29, 1.82) is 0 Å². The summed E-state index contributed by atoms with van der Waals surface area (Å²) in [5.41, 5.74) is -0.493. The predicted octanol–water partition coefficient (Wildman–Crippen LogP) is 3.43. The van der Waals surface area contributed by atoms with E-state index in [-0.39, 0.29) is 6.23 Å². The number of allylic oxidation sites excluding steroid dienone is 1. The van der Waals surface area contributed by atoms with Crippen molar-refractivity contribution in [2.75, 3.05) is 0 Å². The minimum Gasteiger partial charge on any atom is -0.479 e. The maximum atomic E-state index is 11.6. The van der Waals surface area contributed by atoms with Gasteiger partial charge in [0.15, 0.2) is 6.23 Å². The Morgan fingerprint density at radius 3 is 2.35 bits per heavy atom. The van der Waals surface area contributed by atoms with Crippen LogP contribution in [0.4, 0.5) is 4.79 Å². The zero-order valence-electron chi connectivity index (χ0n) is 11.7. The van der Waals surface area contributed by atoms with Gasteiger partial charge in [0.05, 0.1) is 6.26 Å². The molecule has 100 valence electrons. The molecule has 1 N–H and O–H groups in total. The van der Waals surface area contributed by atoms with Crippen molar-refractivity contribution in [3.63, 3.8) is 0 Å². The second kappa shape index (κ2) is 7.20. The molecular weight excluding hydrogens is 218 g/mol. The van der Waals surface area contributed by atoms with Crippen molar-refractivity contribution in [2.45, 2.75) is 59.8 Å². The first-order valence-corrected chi connectivity index (χ1v) is 6.00. The first-order valence-electron chi connectivity index (χ1n) is 6.00. The first kappa shape index (κ1) is 15.8. The molecule has 4 heteroatoms. The van der Waals surface area contributed by atoms with E-state index in [1.165, 1.54) is 0 Å². The lowest BCUT2D eigenvalue weighted by Gasteiger charge is -2.24. The molecule has 0 rings (SSSR count). The molecule has 0 aliphatic heterocycles. The summed E-state index contributed by atoms with van der Waals surface area (Å²) >= 11 is 0. The van der Waals surface area contributed by atoms with Crippen molar-refractivity contribution >= 4 is 6.09 Å². The van der Waals surface area contributed by atoms with Crippen LogP contribution in [0.15, 0.2) is 12.3 Å². The molecule has 0 saturated carbocycles. The smallest absolute Gasteiger partial charge is 0.410 e. The van der Waals surface area contributed by atoms with Gasteiger partial charge in [-0.15, -0.1) is 0 Å². The maximum absolute atomic E-state index is 11.6. The molecule has 1 atom stereocenters. The zero-order valence-corrected chi connectivity index (χ0v) is 11.7. The third-order valence-corrected chi connectivity index (χ3v) is 1.74. The molecule has 0 aliphatic rings. The zero-order chi connectivity index (χ0) is 13.5. The third-order valence-electron chi connectivity index (χ3n) is 1.74. The number of hydrogen-bond donors (Lipinski definition) is 1. The largest absolute Gasteiger partial charge is 0.479 e. The average molecular weight is 243 g/mol. The molecule has 1 unspecified atom stereocenters. The summed E-state index contributed by atoms with van der Waals surface area (Å²) in [7, 11) is 0. The Morgan fingerprint density at radius 1 is 1.35 bits per heavy atom. The van der Waals surface area contributed by atoms with Gasteiger partial charge in [0.2, 0.25) is 0 Å². The van der Waals surface area contributed by atoms with Crippen molar-refractivity contribution in [1.82, 2.24) is 5.32 Å². The molecule has 0 bridgehead atoms. The van der Waals surface area contributed by atoms with Crippen LogP contribution < -0.4 is 5.32 Å². The lowest BCUT2D eigenvalue weighted by Crippen LogP contribution is -2.40. The number of hydrogen-bond acceptors (Lipinski definition) is 3. The Bertz CT molecular complexity index is 254. The van der Waals surface area contributed by atoms with Crippen molar-refractivity contribution in [3.05, 3.63) is 12.3 Å². The average Bonchev–Trinajstić information content (AvgIpc) is 2.09. The number of rotatable bonds is 5. The Labute approximate surface area is 104 Å². The molecule has 0 heterocycles. The van der Waals surface area contributed by atoms with Gasteiger partial charge in [-0.2, -0.15) is 0 Å². The fourth-order valence-corrected chi connectivity index (χ4v) is 1.19. The third kappa shape index (κ3) is 9.72. The molecule has 0 fully saturated rings. The fraction of sp³-hybridized carbons (Fsp3) is 0.769. The van der Waals surface area contributed by atoms with Crippen LogP contribution in [0.3, 0.4) is 0 Å². The summed E-state index contributed by atoms with van der Waals surface area (Å²) in [6.45, 7) is 11.5. The van der Waals surface area contributed by atoms with E-state index in [9.17, 15) is 4.79 Å². The lowest BCUT2D eigenvalue weighted by molar-refractivity contribution is 0.0281. The van der Waals surface area contributed by atoms with Gasteiger partial charge in [0, 0.05) is 6.42 Å². The fourth-order valence-electron chi connectivity index (χ4n) is 1.19. The van der Waals surface area contributed by atoms with Crippen LogP contribution in [0.25, 0.3) is 0 Å². The number of ether oxygens (including phenoxy) is 2. The van der Waals surface area contributed by atoms with Gasteiger partial charge in [-0.25, -0.2) is 4.79 Å². The van der Waals surface area contributed by atoms with Gasteiger partial charge in [0.1, 0.15) is 5.60 Å². The molecule has 17 heavy (non-hydrogen) atoms. The Morgan fingerprint density at radius 2 is 1.94 bits per heavy atom. The molecule has 0 aliphatic carbocycles. The van der Waals surface area contributed by atoms with Crippen molar-refractivity contribution < 1.29 is 14.3 Å². The highest BCUT2D eigenvalue weighted by Gasteiger charge is 2.20.